The van der Waals surface area contributed by atoms with Gasteiger partial charge in [-0.15, -0.1) is 0 Å². The third kappa shape index (κ3) is 6.83. The minimum atomic E-state index is 0.575. The lowest BCUT2D eigenvalue weighted by Crippen LogP contribution is -2.08. The van der Waals surface area contributed by atoms with Crippen LogP contribution in [0.3, 0.4) is 0 Å². The lowest BCUT2D eigenvalue weighted by Gasteiger charge is -2.16. The van der Waals surface area contributed by atoms with Crippen LogP contribution in [-0.4, -0.2) is 33.1 Å². The fourth-order valence-electron chi connectivity index (χ4n) is 3.27. The summed E-state index contributed by atoms with van der Waals surface area (Å²) in [5.74, 6) is 2.70. The molecule has 0 saturated heterocycles. The second-order valence-corrected chi connectivity index (χ2v) is 7.22. The Morgan fingerprint density at radius 3 is 1.83 bits per heavy atom. The van der Waals surface area contributed by atoms with Gasteiger partial charge in [-0.05, 0) is 86.7 Å². The van der Waals surface area contributed by atoms with Crippen molar-refractivity contribution < 1.29 is 19.0 Å². The zero-order valence-corrected chi connectivity index (χ0v) is 19.0. The molecule has 0 atom stereocenters. The summed E-state index contributed by atoms with van der Waals surface area (Å²) in [4.78, 5) is 4.74. The van der Waals surface area contributed by atoms with Gasteiger partial charge in [0.25, 0.3) is 0 Å². The SMILES string of the molecule is C/C=C/COc1cc(C)c(OCCCOc2c(C)cc(C=NOC)cc2C)c(C)c1. The van der Waals surface area contributed by atoms with Crippen LogP contribution in [0.2, 0.25) is 0 Å². The van der Waals surface area contributed by atoms with Crippen LogP contribution < -0.4 is 14.2 Å². The summed E-state index contributed by atoms with van der Waals surface area (Å²) in [6.07, 6.45) is 6.45. The number of allylic oxidation sites excluding steroid dienone is 1. The van der Waals surface area contributed by atoms with Crippen molar-refractivity contribution in [1.82, 2.24) is 0 Å². The Bertz CT molecular complexity index is 841. The van der Waals surface area contributed by atoms with E-state index in [0.29, 0.717) is 19.8 Å². The van der Waals surface area contributed by atoms with Crippen molar-refractivity contribution in [2.75, 3.05) is 26.9 Å². The monoisotopic (exact) mass is 411 g/mol. The first kappa shape index (κ1) is 23.3. The number of ether oxygens (including phenoxy) is 3. The quantitative estimate of drug-likeness (QED) is 0.206. The second-order valence-electron chi connectivity index (χ2n) is 7.22. The first-order valence-electron chi connectivity index (χ1n) is 10.2. The number of rotatable bonds is 11. The first-order chi connectivity index (χ1) is 14.5. The highest BCUT2D eigenvalue weighted by Crippen LogP contribution is 2.29. The molecule has 0 aliphatic heterocycles. The van der Waals surface area contributed by atoms with Gasteiger partial charge in [-0.1, -0.05) is 17.3 Å². The van der Waals surface area contributed by atoms with E-state index in [9.17, 15) is 0 Å². The molecular weight excluding hydrogens is 378 g/mol. The molecular formula is C25H33NO4. The maximum absolute atomic E-state index is 6.03. The summed E-state index contributed by atoms with van der Waals surface area (Å²) in [5.41, 5.74) is 5.30. The highest BCUT2D eigenvalue weighted by atomic mass is 16.6. The van der Waals surface area contributed by atoms with Crippen LogP contribution in [0.15, 0.2) is 41.6 Å². The van der Waals surface area contributed by atoms with E-state index in [1.54, 1.807) is 6.21 Å². The highest BCUT2D eigenvalue weighted by Gasteiger charge is 2.09. The fraction of sp³-hybridized carbons (Fsp3) is 0.400. The smallest absolute Gasteiger partial charge is 0.125 e. The van der Waals surface area contributed by atoms with Crippen LogP contribution in [0.25, 0.3) is 0 Å². The predicted octanol–water partition coefficient (Wildman–Crippen LogP) is 5.70. The molecule has 0 radical (unpaired) electrons. The van der Waals surface area contributed by atoms with Gasteiger partial charge in [0.15, 0.2) is 0 Å². The lowest BCUT2D eigenvalue weighted by atomic mass is 10.1. The van der Waals surface area contributed by atoms with Crippen LogP contribution in [0.1, 0.15) is 41.2 Å². The van der Waals surface area contributed by atoms with Gasteiger partial charge < -0.3 is 19.0 Å². The fourth-order valence-corrected chi connectivity index (χ4v) is 3.27. The van der Waals surface area contributed by atoms with Crippen LogP contribution >= 0.6 is 0 Å². The molecule has 0 saturated carbocycles. The topological polar surface area (TPSA) is 49.3 Å². The largest absolute Gasteiger partial charge is 0.493 e. The van der Waals surface area contributed by atoms with E-state index in [2.05, 4.69) is 5.16 Å². The number of hydrogen-bond acceptors (Lipinski definition) is 5. The van der Waals surface area contributed by atoms with Gasteiger partial charge in [0.05, 0.1) is 19.4 Å². The molecule has 5 nitrogen and oxygen atoms in total. The van der Waals surface area contributed by atoms with Gasteiger partial charge in [0, 0.05) is 6.42 Å². The first-order valence-corrected chi connectivity index (χ1v) is 10.2. The number of oxime groups is 1. The van der Waals surface area contributed by atoms with Crippen LogP contribution in [0, 0.1) is 27.7 Å². The van der Waals surface area contributed by atoms with E-state index in [0.717, 1.165) is 51.5 Å². The summed E-state index contributed by atoms with van der Waals surface area (Å²) < 4.78 is 17.8. The molecule has 0 heterocycles. The average Bonchev–Trinajstić information content (AvgIpc) is 2.69. The molecule has 30 heavy (non-hydrogen) atoms. The lowest BCUT2D eigenvalue weighted by molar-refractivity contribution is 0.215. The normalized spacial score (nSPS) is 11.3. The van der Waals surface area contributed by atoms with Crippen molar-refractivity contribution in [2.45, 2.75) is 41.0 Å². The summed E-state index contributed by atoms with van der Waals surface area (Å²) in [5, 5.41) is 3.81. The van der Waals surface area contributed by atoms with Crippen molar-refractivity contribution in [3.63, 3.8) is 0 Å². The zero-order chi connectivity index (χ0) is 21.9. The zero-order valence-electron chi connectivity index (χ0n) is 19.0. The summed E-state index contributed by atoms with van der Waals surface area (Å²) in [7, 11) is 1.53. The third-order valence-electron chi connectivity index (χ3n) is 4.59. The van der Waals surface area contributed by atoms with Crippen molar-refractivity contribution in [2.24, 2.45) is 5.16 Å². The Hall–Kier alpha value is -2.95. The minimum Gasteiger partial charge on any atom is -0.493 e. The minimum absolute atomic E-state index is 0.575. The Morgan fingerprint density at radius 1 is 0.800 bits per heavy atom. The van der Waals surface area contributed by atoms with Gasteiger partial charge in [0.1, 0.15) is 31.0 Å². The average molecular weight is 412 g/mol. The van der Waals surface area contributed by atoms with E-state index in [-0.39, 0.29) is 0 Å². The Kier molecular flexibility index (Phi) is 9.26. The van der Waals surface area contributed by atoms with Gasteiger partial charge in [0.2, 0.25) is 0 Å². The van der Waals surface area contributed by atoms with Gasteiger partial charge in [-0.3, -0.25) is 0 Å². The molecule has 0 N–H and O–H groups in total. The van der Waals surface area contributed by atoms with Crippen LogP contribution in [0.5, 0.6) is 17.2 Å². The number of aryl methyl sites for hydroxylation is 4. The molecule has 0 aliphatic rings. The van der Waals surface area contributed by atoms with E-state index < -0.39 is 0 Å². The van der Waals surface area contributed by atoms with Crippen molar-refractivity contribution in [3.8, 4) is 17.2 Å². The van der Waals surface area contributed by atoms with Gasteiger partial charge in [-0.2, -0.15) is 0 Å². The highest BCUT2D eigenvalue weighted by molar-refractivity contribution is 5.80. The molecule has 2 aromatic carbocycles. The maximum atomic E-state index is 6.03. The number of benzene rings is 2. The summed E-state index contributed by atoms with van der Waals surface area (Å²) in [6.45, 7) is 11.9. The summed E-state index contributed by atoms with van der Waals surface area (Å²) >= 11 is 0. The molecule has 5 heteroatoms. The van der Waals surface area contributed by atoms with E-state index in [1.807, 2.05) is 71.0 Å². The third-order valence-corrected chi connectivity index (χ3v) is 4.59. The van der Waals surface area contributed by atoms with Crippen molar-refractivity contribution in [3.05, 3.63) is 64.2 Å². The van der Waals surface area contributed by atoms with E-state index in [4.69, 9.17) is 19.0 Å². The molecule has 0 bridgehead atoms. The van der Waals surface area contributed by atoms with Crippen LogP contribution in [-0.2, 0) is 4.84 Å². The number of hydrogen-bond donors (Lipinski definition) is 0. The van der Waals surface area contributed by atoms with Crippen molar-refractivity contribution >= 4 is 6.21 Å². The standard InChI is InChI=1S/C25H33NO4/c1-7-8-10-28-23-15-20(4)25(21(5)16-23)30-12-9-11-29-24-18(2)13-22(14-19(24)3)17-26-27-6/h7-8,13-17H,9-12H2,1-6H3/b8-7+,26-17?. The molecule has 2 aromatic rings. The molecule has 0 fully saturated rings. The van der Waals surface area contributed by atoms with E-state index in [1.165, 1.54) is 7.11 Å². The van der Waals surface area contributed by atoms with Crippen LogP contribution in [0.4, 0.5) is 0 Å². The Labute approximate surface area is 180 Å². The molecule has 0 spiro atoms. The van der Waals surface area contributed by atoms with Gasteiger partial charge >= 0.3 is 0 Å². The molecule has 2 rings (SSSR count). The summed E-state index contributed by atoms with van der Waals surface area (Å²) in [6, 6.07) is 8.11. The van der Waals surface area contributed by atoms with Gasteiger partial charge in [-0.25, -0.2) is 0 Å². The predicted molar refractivity (Wildman–Crippen MR) is 122 cm³/mol. The molecule has 162 valence electrons. The van der Waals surface area contributed by atoms with E-state index >= 15 is 0 Å². The van der Waals surface area contributed by atoms with Crippen molar-refractivity contribution in [1.29, 1.82) is 0 Å². The maximum Gasteiger partial charge on any atom is 0.125 e. The Morgan fingerprint density at radius 2 is 1.33 bits per heavy atom. The second kappa shape index (κ2) is 11.9. The molecule has 0 amide bonds. The number of nitrogens with zero attached hydrogens (tertiary/aromatic N) is 1. The Balaban J connectivity index is 1.86. The molecule has 0 unspecified atom stereocenters. The molecule has 0 aliphatic carbocycles. The molecule has 0 aromatic heterocycles.